The number of fused-ring (bicyclic) bond motifs is 1. The number of hydrogen-bond acceptors (Lipinski definition) is 5. The number of benzene rings is 1. The van der Waals surface area contributed by atoms with Crippen LogP contribution in [0.2, 0.25) is 0 Å². The van der Waals surface area contributed by atoms with Crippen molar-refractivity contribution in [3.8, 4) is 11.1 Å². The molecule has 39 heavy (non-hydrogen) atoms. The lowest BCUT2D eigenvalue weighted by Gasteiger charge is -2.35. The van der Waals surface area contributed by atoms with E-state index in [0.29, 0.717) is 10.8 Å². The Hall–Kier alpha value is -3.08. The zero-order chi connectivity index (χ0) is 27.1. The van der Waals surface area contributed by atoms with Gasteiger partial charge in [0.2, 0.25) is 0 Å². The second-order valence-corrected chi connectivity index (χ2v) is 13.1. The van der Waals surface area contributed by atoms with Gasteiger partial charge in [-0.2, -0.15) is 5.26 Å². The number of amides is 1. The number of carbonyl (C=O) groups excluding carboxylic acids is 1. The summed E-state index contributed by atoms with van der Waals surface area (Å²) in [6.45, 7) is 6.46. The van der Waals surface area contributed by atoms with E-state index in [0.717, 1.165) is 76.9 Å². The Kier molecular flexibility index (Phi) is 7.26. The molecular weight excluding hydrogens is 521 g/mol. The molecule has 2 fully saturated rings. The van der Waals surface area contributed by atoms with E-state index >= 15 is 0 Å². The number of thioether (sulfide) groups is 1. The molecule has 0 unspecified atom stereocenters. The molecule has 2 atom stereocenters. The Labute approximate surface area is 239 Å². The normalized spacial score (nSPS) is 23.4. The highest BCUT2D eigenvalue weighted by atomic mass is 32.2. The SMILES string of the molecule is Cc1cc(/C=C2\SC(=Nc3ccccc3)N([C@H]3CCCC[C@H]3C)C2=O)c(C)n1-c1sc2c(c1C#N)CCCC2. The van der Waals surface area contributed by atoms with E-state index in [1.807, 2.05) is 41.3 Å². The van der Waals surface area contributed by atoms with Crippen LogP contribution in [0.1, 0.15) is 78.4 Å². The number of carbonyl (C=O) groups is 1. The highest BCUT2D eigenvalue weighted by Gasteiger charge is 2.41. The maximum atomic E-state index is 14.0. The molecular formula is C32H34N4OS2. The number of amidine groups is 1. The number of aromatic nitrogens is 1. The number of para-hydroxylation sites is 1. The Morgan fingerprint density at radius 3 is 2.62 bits per heavy atom. The monoisotopic (exact) mass is 554 g/mol. The van der Waals surface area contributed by atoms with Gasteiger partial charge in [0.25, 0.3) is 5.91 Å². The molecule has 0 spiro atoms. The largest absolute Gasteiger partial charge is 0.308 e. The summed E-state index contributed by atoms with van der Waals surface area (Å²) in [5.74, 6) is 0.505. The van der Waals surface area contributed by atoms with Crippen LogP contribution in [-0.4, -0.2) is 26.6 Å². The third-order valence-corrected chi connectivity index (χ3v) is 10.7. The van der Waals surface area contributed by atoms with Crippen LogP contribution in [0.3, 0.4) is 0 Å². The van der Waals surface area contributed by atoms with E-state index in [4.69, 9.17) is 4.99 Å². The second-order valence-electron chi connectivity index (χ2n) is 11.0. The van der Waals surface area contributed by atoms with E-state index in [-0.39, 0.29) is 11.9 Å². The zero-order valence-electron chi connectivity index (χ0n) is 22.9. The van der Waals surface area contributed by atoms with Crippen molar-refractivity contribution in [2.24, 2.45) is 10.9 Å². The predicted octanol–water partition coefficient (Wildman–Crippen LogP) is 8.09. The maximum absolute atomic E-state index is 14.0. The average Bonchev–Trinajstić information content (AvgIpc) is 3.55. The summed E-state index contributed by atoms with van der Waals surface area (Å²) in [5.41, 5.74) is 6.12. The third kappa shape index (κ3) is 4.79. The van der Waals surface area contributed by atoms with E-state index < -0.39 is 0 Å². The molecule has 3 heterocycles. The van der Waals surface area contributed by atoms with Gasteiger partial charge in [0.05, 0.1) is 16.2 Å². The van der Waals surface area contributed by atoms with Gasteiger partial charge < -0.3 is 4.57 Å². The lowest BCUT2D eigenvalue weighted by Crippen LogP contribution is -2.44. The van der Waals surface area contributed by atoms with E-state index in [1.54, 1.807) is 11.3 Å². The van der Waals surface area contributed by atoms with E-state index in [1.165, 1.54) is 35.0 Å². The minimum atomic E-state index is 0.0579. The van der Waals surface area contributed by atoms with Crippen LogP contribution in [0.25, 0.3) is 11.1 Å². The van der Waals surface area contributed by atoms with Crippen molar-refractivity contribution in [2.45, 2.75) is 78.2 Å². The van der Waals surface area contributed by atoms with Crippen LogP contribution in [0.4, 0.5) is 5.69 Å². The van der Waals surface area contributed by atoms with Gasteiger partial charge in [0.1, 0.15) is 11.1 Å². The first-order chi connectivity index (χ1) is 19.0. The summed E-state index contributed by atoms with van der Waals surface area (Å²) in [6.07, 6.45) is 11.0. The predicted molar refractivity (Wildman–Crippen MR) is 162 cm³/mol. The van der Waals surface area contributed by atoms with Gasteiger partial charge in [-0.25, -0.2) is 4.99 Å². The highest BCUT2D eigenvalue weighted by molar-refractivity contribution is 8.18. The Morgan fingerprint density at radius 2 is 1.85 bits per heavy atom. The van der Waals surface area contributed by atoms with Gasteiger partial charge in [-0.1, -0.05) is 38.0 Å². The minimum absolute atomic E-state index is 0.0579. The van der Waals surface area contributed by atoms with Crippen LogP contribution < -0.4 is 0 Å². The Bertz CT molecular complexity index is 1520. The highest BCUT2D eigenvalue weighted by Crippen LogP contribution is 2.42. The molecule has 1 aliphatic heterocycles. The number of thiophene rings is 1. The van der Waals surface area contributed by atoms with Crippen molar-refractivity contribution in [3.63, 3.8) is 0 Å². The van der Waals surface area contributed by atoms with Crippen LogP contribution >= 0.6 is 23.1 Å². The fraction of sp³-hybridized carbons (Fsp3) is 0.406. The Balaban J connectivity index is 1.40. The average molecular weight is 555 g/mol. The standard InChI is InChI=1S/C32H34N4OS2/c1-20-11-7-9-15-27(20)36-30(37)29(39-32(36)34-24-12-5-4-6-13-24)18-23-17-21(2)35(22(23)3)31-26(19-33)25-14-8-10-16-28(25)38-31/h4-6,12-13,17-18,20,27H,7-11,14-16H2,1-3H3/b29-18-,34-32?/t20-,27+/m1/s1. The van der Waals surface area contributed by atoms with Crippen LogP contribution in [0, 0.1) is 31.1 Å². The van der Waals surface area contributed by atoms with Gasteiger partial charge in [0.15, 0.2) is 5.17 Å². The van der Waals surface area contributed by atoms with Crippen molar-refractivity contribution in [3.05, 3.63) is 74.3 Å². The summed E-state index contributed by atoms with van der Waals surface area (Å²) in [5, 5.41) is 11.9. The van der Waals surface area contributed by atoms with E-state index in [2.05, 4.69) is 37.5 Å². The number of nitriles is 1. The smallest absolute Gasteiger partial charge is 0.267 e. The zero-order valence-corrected chi connectivity index (χ0v) is 24.5. The minimum Gasteiger partial charge on any atom is -0.308 e. The topological polar surface area (TPSA) is 61.4 Å². The van der Waals surface area contributed by atoms with Crippen molar-refractivity contribution in [1.29, 1.82) is 5.26 Å². The van der Waals surface area contributed by atoms with Crippen molar-refractivity contribution < 1.29 is 4.79 Å². The van der Waals surface area contributed by atoms with E-state index in [9.17, 15) is 10.1 Å². The fourth-order valence-electron chi connectivity index (χ4n) is 6.36. The molecule has 200 valence electrons. The van der Waals surface area contributed by atoms with Crippen LogP contribution in [-0.2, 0) is 17.6 Å². The molecule has 0 radical (unpaired) electrons. The molecule has 0 N–H and O–H groups in total. The number of nitrogens with zero attached hydrogens (tertiary/aromatic N) is 4. The number of rotatable bonds is 4. The molecule has 1 saturated carbocycles. The van der Waals surface area contributed by atoms with Crippen molar-refractivity contribution in [2.75, 3.05) is 0 Å². The van der Waals surface area contributed by atoms with Gasteiger partial charge in [-0.3, -0.25) is 9.69 Å². The maximum Gasteiger partial charge on any atom is 0.267 e. The first-order valence-electron chi connectivity index (χ1n) is 14.1. The molecule has 1 aromatic carbocycles. The van der Waals surface area contributed by atoms with Crippen LogP contribution in [0.15, 0.2) is 46.3 Å². The van der Waals surface area contributed by atoms with Gasteiger partial charge in [-0.05, 0) is 105 Å². The summed E-state index contributed by atoms with van der Waals surface area (Å²) in [7, 11) is 0. The van der Waals surface area contributed by atoms with Crippen molar-refractivity contribution >= 4 is 45.9 Å². The number of aryl methyl sites for hydroxylation is 2. The molecule has 1 amide bonds. The van der Waals surface area contributed by atoms with Crippen molar-refractivity contribution in [1.82, 2.24) is 9.47 Å². The molecule has 2 aliphatic carbocycles. The Morgan fingerprint density at radius 1 is 1.08 bits per heavy atom. The third-order valence-electron chi connectivity index (χ3n) is 8.44. The van der Waals surface area contributed by atoms with Gasteiger partial charge in [0, 0.05) is 22.3 Å². The summed E-state index contributed by atoms with van der Waals surface area (Å²) >= 11 is 3.26. The summed E-state index contributed by atoms with van der Waals surface area (Å²) in [4.78, 5) is 23.0. The van der Waals surface area contributed by atoms with Gasteiger partial charge in [-0.15, -0.1) is 11.3 Å². The molecule has 3 aliphatic rings. The first-order valence-corrected chi connectivity index (χ1v) is 15.7. The molecule has 5 nitrogen and oxygen atoms in total. The quantitative estimate of drug-likeness (QED) is 0.306. The number of hydrogen-bond donors (Lipinski definition) is 0. The van der Waals surface area contributed by atoms with Crippen LogP contribution in [0.5, 0.6) is 0 Å². The lowest BCUT2D eigenvalue weighted by molar-refractivity contribution is -0.124. The molecule has 7 heteroatoms. The molecule has 0 bridgehead atoms. The van der Waals surface area contributed by atoms with Gasteiger partial charge >= 0.3 is 0 Å². The fourth-order valence-corrected chi connectivity index (χ4v) is 8.85. The second kappa shape index (κ2) is 10.8. The first kappa shape index (κ1) is 26.2. The lowest BCUT2D eigenvalue weighted by atomic mass is 9.85. The summed E-state index contributed by atoms with van der Waals surface area (Å²) < 4.78 is 2.22. The molecule has 2 aromatic heterocycles. The molecule has 3 aromatic rings. The molecule has 6 rings (SSSR count). The molecule has 1 saturated heterocycles. The number of aliphatic imine (C=N–C) groups is 1. The summed E-state index contributed by atoms with van der Waals surface area (Å²) in [6, 6.07) is 14.8.